The topological polar surface area (TPSA) is 60.8 Å². The molecule has 0 aromatic rings. The molecule has 1 unspecified atom stereocenters. The van der Waals surface area contributed by atoms with Gasteiger partial charge in [-0.05, 0) is 33.6 Å². The molecule has 1 aliphatic rings. The van der Waals surface area contributed by atoms with E-state index in [1.54, 1.807) is 0 Å². The molecule has 3 atom stereocenters. The van der Waals surface area contributed by atoms with Crippen molar-refractivity contribution in [2.75, 3.05) is 6.54 Å². The molecule has 0 spiro atoms. The third-order valence-corrected chi connectivity index (χ3v) is 3.33. The molecule has 0 aliphatic carbocycles. The standard InChI is InChI=1S/C11H21NO3/c1-8-5-4-6-9(2)12(8)7-11(3,15)10(13)14/h8-9,15H,4-7H2,1-3H3,(H,13,14)/t8-,9+,11?. The summed E-state index contributed by atoms with van der Waals surface area (Å²) in [5, 5.41) is 18.6. The fourth-order valence-electron chi connectivity index (χ4n) is 2.21. The van der Waals surface area contributed by atoms with Gasteiger partial charge in [-0.1, -0.05) is 6.42 Å². The molecule has 0 bridgehead atoms. The Kier molecular flexibility index (Phi) is 3.73. The van der Waals surface area contributed by atoms with Crippen molar-refractivity contribution in [3.8, 4) is 0 Å². The molecule has 1 heterocycles. The molecular formula is C11H21NO3. The van der Waals surface area contributed by atoms with Gasteiger partial charge in [0.15, 0.2) is 5.60 Å². The Labute approximate surface area is 90.9 Å². The molecule has 0 aromatic carbocycles. The van der Waals surface area contributed by atoms with Gasteiger partial charge in [0, 0.05) is 18.6 Å². The van der Waals surface area contributed by atoms with Gasteiger partial charge in [-0.15, -0.1) is 0 Å². The van der Waals surface area contributed by atoms with Crippen LogP contribution < -0.4 is 0 Å². The molecule has 1 aliphatic heterocycles. The van der Waals surface area contributed by atoms with Crippen LogP contribution in [0.3, 0.4) is 0 Å². The van der Waals surface area contributed by atoms with Crippen molar-refractivity contribution in [3.05, 3.63) is 0 Å². The lowest BCUT2D eigenvalue weighted by atomic mass is 9.95. The molecule has 88 valence electrons. The Bertz CT molecular complexity index is 230. The van der Waals surface area contributed by atoms with Crippen LogP contribution >= 0.6 is 0 Å². The van der Waals surface area contributed by atoms with Crippen LogP contribution in [0.4, 0.5) is 0 Å². The minimum Gasteiger partial charge on any atom is -0.479 e. The first-order valence-electron chi connectivity index (χ1n) is 5.56. The first-order valence-corrected chi connectivity index (χ1v) is 5.56. The zero-order chi connectivity index (χ0) is 11.6. The van der Waals surface area contributed by atoms with Gasteiger partial charge in [0.25, 0.3) is 0 Å². The zero-order valence-corrected chi connectivity index (χ0v) is 9.73. The monoisotopic (exact) mass is 215 g/mol. The number of β-amino-alcohol motifs (C(OH)–C–C–N with tert-alkyl or cyclic N) is 1. The smallest absolute Gasteiger partial charge is 0.336 e. The predicted molar refractivity (Wildman–Crippen MR) is 57.7 cm³/mol. The second kappa shape index (κ2) is 4.49. The summed E-state index contributed by atoms with van der Waals surface area (Å²) in [6.07, 6.45) is 3.36. The lowest BCUT2D eigenvalue weighted by molar-refractivity contribution is -0.160. The second-order valence-electron chi connectivity index (χ2n) is 4.88. The summed E-state index contributed by atoms with van der Waals surface area (Å²) in [6.45, 7) is 5.76. The van der Waals surface area contributed by atoms with Gasteiger partial charge < -0.3 is 10.2 Å². The number of carboxylic acids is 1. The molecule has 0 aromatic heterocycles. The van der Waals surface area contributed by atoms with E-state index in [1.165, 1.54) is 13.3 Å². The number of piperidine rings is 1. The molecular weight excluding hydrogens is 194 g/mol. The average Bonchev–Trinajstić information content (AvgIpc) is 2.11. The molecule has 0 radical (unpaired) electrons. The quantitative estimate of drug-likeness (QED) is 0.739. The van der Waals surface area contributed by atoms with Crippen LogP contribution in [0, 0.1) is 0 Å². The average molecular weight is 215 g/mol. The number of nitrogens with zero attached hydrogens (tertiary/aromatic N) is 1. The summed E-state index contributed by atoms with van der Waals surface area (Å²) in [4.78, 5) is 12.9. The number of aliphatic hydroxyl groups is 1. The highest BCUT2D eigenvalue weighted by molar-refractivity contribution is 5.76. The summed E-state index contributed by atoms with van der Waals surface area (Å²) in [5.41, 5.74) is -1.64. The van der Waals surface area contributed by atoms with E-state index in [0.717, 1.165) is 12.8 Å². The van der Waals surface area contributed by atoms with Crippen LogP contribution in [0.1, 0.15) is 40.0 Å². The van der Waals surface area contributed by atoms with E-state index < -0.39 is 11.6 Å². The SMILES string of the molecule is C[C@@H]1CCC[C@H](C)N1CC(C)(O)C(=O)O. The lowest BCUT2D eigenvalue weighted by Crippen LogP contribution is -2.53. The first-order chi connectivity index (χ1) is 6.84. The molecule has 0 saturated carbocycles. The van der Waals surface area contributed by atoms with E-state index in [2.05, 4.69) is 18.7 Å². The second-order valence-corrected chi connectivity index (χ2v) is 4.88. The van der Waals surface area contributed by atoms with E-state index in [9.17, 15) is 9.90 Å². The first kappa shape index (κ1) is 12.5. The summed E-state index contributed by atoms with van der Waals surface area (Å²) in [6, 6.07) is 0.721. The van der Waals surface area contributed by atoms with Crippen LogP contribution in [-0.2, 0) is 4.79 Å². The number of likely N-dealkylation sites (tertiary alicyclic amines) is 1. The van der Waals surface area contributed by atoms with E-state index in [1.807, 2.05) is 0 Å². The normalized spacial score (nSPS) is 32.3. The molecule has 4 heteroatoms. The summed E-state index contributed by atoms with van der Waals surface area (Å²) < 4.78 is 0. The van der Waals surface area contributed by atoms with Gasteiger partial charge in [0.2, 0.25) is 0 Å². The van der Waals surface area contributed by atoms with Crippen molar-refractivity contribution in [1.82, 2.24) is 4.90 Å². The van der Waals surface area contributed by atoms with Crippen LogP contribution in [0.2, 0.25) is 0 Å². The third-order valence-electron chi connectivity index (χ3n) is 3.33. The summed E-state index contributed by atoms with van der Waals surface area (Å²) >= 11 is 0. The number of hydrogen-bond acceptors (Lipinski definition) is 3. The van der Waals surface area contributed by atoms with Crippen molar-refractivity contribution in [1.29, 1.82) is 0 Å². The number of hydrogen-bond donors (Lipinski definition) is 2. The van der Waals surface area contributed by atoms with Gasteiger partial charge >= 0.3 is 5.97 Å². The molecule has 2 N–H and O–H groups in total. The molecule has 15 heavy (non-hydrogen) atoms. The molecule has 4 nitrogen and oxygen atoms in total. The Morgan fingerprint density at radius 2 is 1.87 bits per heavy atom. The van der Waals surface area contributed by atoms with Crippen LogP contribution in [-0.4, -0.2) is 45.3 Å². The van der Waals surface area contributed by atoms with Gasteiger partial charge in [-0.3, -0.25) is 4.90 Å². The fraction of sp³-hybridized carbons (Fsp3) is 0.909. The van der Waals surface area contributed by atoms with E-state index >= 15 is 0 Å². The van der Waals surface area contributed by atoms with E-state index in [0.29, 0.717) is 12.1 Å². The number of carbonyl (C=O) groups is 1. The highest BCUT2D eigenvalue weighted by Gasteiger charge is 2.36. The number of aliphatic carboxylic acids is 1. The lowest BCUT2D eigenvalue weighted by Gasteiger charge is -2.41. The van der Waals surface area contributed by atoms with Gasteiger partial charge in [0.1, 0.15) is 0 Å². The highest BCUT2D eigenvalue weighted by Crippen LogP contribution is 2.24. The zero-order valence-electron chi connectivity index (χ0n) is 9.73. The minimum atomic E-state index is -1.64. The van der Waals surface area contributed by atoms with Crippen LogP contribution in [0.15, 0.2) is 0 Å². The van der Waals surface area contributed by atoms with Gasteiger partial charge in [-0.2, -0.15) is 0 Å². The minimum absolute atomic E-state index is 0.213. The van der Waals surface area contributed by atoms with Crippen molar-refractivity contribution in [2.24, 2.45) is 0 Å². The number of carboxylic acid groups (broad SMARTS) is 1. The molecule has 1 fully saturated rings. The molecule has 0 amide bonds. The van der Waals surface area contributed by atoms with Crippen LogP contribution in [0.25, 0.3) is 0 Å². The third kappa shape index (κ3) is 2.92. The Morgan fingerprint density at radius 1 is 1.40 bits per heavy atom. The summed E-state index contributed by atoms with van der Waals surface area (Å²) in [7, 11) is 0. The van der Waals surface area contributed by atoms with Crippen molar-refractivity contribution >= 4 is 5.97 Å². The summed E-state index contributed by atoms with van der Waals surface area (Å²) in [5.74, 6) is -1.15. The maximum Gasteiger partial charge on any atom is 0.336 e. The predicted octanol–water partition coefficient (Wildman–Crippen LogP) is 1.08. The Morgan fingerprint density at radius 3 is 2.27 bits per heavy atom. The Hall–Kier alpha value is -0.610. The van der Waals surface area contributed by atoms with Crippen LogP contribution in [0.5, 0.6) is 0 Å². The fourth-order valence-corrected chi connectivity index (χ4v) is 2.21. The maximum absolute atomic E-state index is 10.8. The van der Waals surface area contributed by atoms with Crippen molar-refractivity contribution in [3.63, 3.8) is 0 Å². The van der Waals surface area contributed by atoms with E-state index in [-0.39, 0.29) is 6.54 Å². The van der Waals surface area contributed by atoms with Gasteiger partial charge in [0.05, 0.1) is 0 Å². The molecule has 1 rings (SSSR count). The van der Waals surface area contributed by atoms with Crippen molar-refractivity contribution < 1.29 is 15.0 Å². The molecule has 1 saturated heterocycles. The largest absolute Gasteiger partial charge is 0.479 e. The maximum atomic E-state index is 10.8. The van der Waals surface area contributed by atoms with E-state index in [4.69, 9.17) is 5.11 Å². The number of rotatable bonds is 3. The van der Waals surface area contributed by atoms with Crippen molar-refractivity contribution in [2.45, 2.75) is 57.7 Å². The Balaban J connectivity index is 2.66. The highest BCUT2D eigenvalue weighted by atomic mass is 16.4. The van der Waals surface area contributed by atoms with Gasteiger partial charge in [-0.25, -0.2) is 4.79 Å².